The van der Waals surface area contributed by atoms with Crippen molar-refractivity contribution >= 4 is 11.6 Å². The molecule has 1 aromatic rings. The number of carbonyl (C=O) groups excluding carboxylic acids is 1. The summed E-state index contributed by atoms with van der Waals surface area (Å²) in [6.45, 7) is 6.82. The third-order valence-electron chi connectivity index (χ3n) is 3.87. The van der Waals surface area contributed by atoms with E-state index in [1.165, 1.54) is 0 Å². The van der Waals surface area contributed by atoms with Crippen LogP contribution in [-0.4, -0.2) is 48.4 Å². The van der Waals surface area contributed by atoms with Gasteiger partial charge in [-0.05, 0) is 51.6 Å². The van der Waals surface area contributed by atoms with Crippen LogP contribution in [0.3, 0.4) is 0 Å². The molecule has 1 saturated heterocycles. The molecule has 20 heavy (non-hydrogen) atoms. The first kappa shape index (κ1) is 14.8. The topological polar surface area (TPSA) is 61.6 Å². The number of hydrogen-bond acceptors (Lipinski definition) is 4. The molecule has 1 aliphatic rings. The smallest absolute Gasteiger partial charge is 0.256 e. The van der Waals surface area contributed by atoms with E-state index in [-0.39, 0.29) is 11.9 Å². The molecular formula is C15H24N4O. The molecule has 0 bridgehead atoms. The van der Waals surface area contributed by atoms with E-state index in [4.69, 9.17) is 5.84 Å². The molecule has 5 heteroatoms. The highest BCUT2D eigenvalue weighted by molar-refractivity contribution is 5.99. The van der Waals surface area contributed by atoms with Gasteiger partial charge in [-0.15, -0.1) is 0 Å². The van der Waals surface area contributed by atoms with Gasteiger partial charge in [0.2, 0.25) is 0 Å². The fourth-order valence-corrected chi connectivity index (χ4v) is 2.79. The van der Waals surface area contributed by atoms with Crippen molar-refractivity contribution in [2.24, 2.45) is 5.84 Å². The van der Waals surface area contributed by atoms with E-state index in [1.54, 1.807) is 0 Å². The van der Waals surface area contributed by atoms with E-state index in [2.05, 4.69) is 24.3 Å². The number of hydrogen-bond donors (Lipinski definition) is 2. The van der Waals surface area contributed by atoms with Crippen molar-refractivity contribution in [1.29, 1.82) is 0 Å². The van der Waals surface area contributed by atoms with Crippen molar-refractivity contribution < 1.29 is 4.79 Å². The number of rotatable bonds is 2. The maximum atomic E-state index is 12.8. The van der Waals surface area contributed by atoms with Crippen LogP contribution in [0.5, 0.6) is 0 Å². The number of nitrogens with one attached hydrogen (secondary N) is 1. The summed E-state index contributed by atoms with van der Waals surface area (Å²) in [5.74, 6) is 5.60. The van der Waals surface area contributed by atoms with E-state index in [0.717, 1.165) is 31.6 Å². The number of nitrogens with two attached hydrogens (primary N) is 1. The zero-order valence-corrected chi connectivity index (χ0v) is 12.5. The average Bonchev–Trinajstić information content (AvgIpc) is 2.58. The Kier molecular flexibility index (Phi) is 4.62. The lowest BCUT2D eigenvalue weighted by atomic mass is 10.1. The van der Waals surface area contributed by atoms with Gasteiger partial charge in [-0.1, -0.05) is 6.07 Å². The van der Waals surface area contributed by atoms with Crippen LogP contribution in [0, 0.1) is 6.92 Å². The van der Waals surface area contributed by atoms with Crippen molar-refractivity contribution in [2.75, 3.05) is 32.1 Å². The molecule has 1 unspecified atom stereocenters. The van der Waals surface area contributed by atoms with Crippen LogP contribution >= 0.6 is 0 Å². The number of likely N-dealkylation sites (N-methyl/N-ethyl adjacent to an activating group) is 1. The number of hydrazine groups is 1. The highest BCUT2D eigenvalue weighted by Crippen LogP contribution is 2.21. The summed E-state index contributed by atoms with van der Waals surface area (Å²) in [5, 5.41) is 0. The first-order chi connectivity index (χ1) is 9.52. The summed E-state index contributed by atoms with van der Waals surface area (Å²) in [6, 6.07) is 5.92. The quantitative estimate of drug-likeness (QED) is 0.634. The van der Waals surface area contributed by atoms with Crippen LogP contribution in [0.25, 0.3) is 0 Å². The molecule has 5 nitrogen and oxygen atoms in total. The molecule has 1 fully saturated rings. The zero-order chi connectivity index (χ0) is 14.7. The van der Waals surface area contributed by atoms with Crippen LogP contribution < -0.4 is 11.3 Å². The number of amides is 1. The third-order valence-corrected chi connectivity index (χ3v) is 3.87. The lowest BCUT2D eigenvalue weighted by molar-refractivity contribution is 0.0697. The second-order valence-electron chi connectivity index (χ2n) is 5.66. The predicted octanol–water partition coefficient (Wildman–Crippen LogP) is 1.45. The zero-order valence-electron chi connectivity index (χ0n) is 12.5. The molecule has 1 aromatic carbocycles. The first-order valence-electron chi connectivity index (χ1n) is 7.09. The Morgan fingerprint density at radius 2 is 2.15 bits per heavy atom. The molecule has 0 spiro atoms. The van der Waals surface area contributed by atoms with Crippen LogP contribution in [0.15, 0.2) is 18.2 Å². The van der Waals surface area contributed by atoms with Gasteiger partial charge in [-0.25, -0.2) is 0 Å². The van der Waals surface area contributed by atoms with Crippen molar-refractivity contribution in [1.82, 2.24) is 9.80 Å². The summed E-state index contributed by atoms with van der Waals surface area (Å²) in [5.41, 5.74) is 5.06. The maximum absolute atomic E-state index is 12.8. The van der Waals surface area contributed by atoms with Crippen molar-refractivity contribution in [2.45, 2.75) is 26.3 Å². The summed E-state index contributed by atoms with van der Waals surface area (Å²) in [6.07, 6.45) is 1.00. The lowest BCUT2D eigenvalue weighted by Gasteiger charge is -2.28. The highest BCUT2D eigenvalue weighted by Gasteiger charge is 2.26. The van der Waals surface area contributed by atoms with E-state index in [1.807, 2.05) is 30.0 Å². The van der Waals surface area contributed by atoms with Gasteiger partial charge < -0.3 is 15.2 Å². The minimum absolute atomic E-state index is 0.0563. The van der Waals surface area contributed by atoms with Gasteiger partial charge in [-0.2, -0.15) is 0 Å². The van der Waals surface area contributed by atoms with E-state index in [9.17, 15) is 4.79 Å². The normalized spacial score (nSPS) is 20.6. The summed E-state index contributed by atoms with van der Waals surface area (Å²) < 4.78 is 0. The highest BCUT2D eigenvalue weighted by atomic mass is 16.2. The molecule has 0 aromatic heterocycles. The number of nitrogens with zero attached hydrogens (tertiary/aromatic N) is 2. The molecular weight excluding hydrogens is 252 g/mol. The van der Waals surface area contributed by atoms with Gasteiger partial charge in [0.15, 0.2) is 0 Å². The fraction of sp³-hybridized carbons (Fsp3) is 0.533. The lowest BCUT2D eigenvalue weighted by Crippen LogP contribution is -2.42. The molecule has 1 heterocycles. The molecule has 0 radical (unpaired) electrons. The van der Waals surface area contributed by atoms with Crippen LogP contribution in [-0.2, 0) is 0 Å². The minimum Gasteiger partial charge on any atom is -0.335 e. The van der Waals surface area contributed by atoms with Crippen LogP contribution in [0.1, 0.15) is 29.3 Å². The summed E-state index contributed by atoms with van der Waals surface area (Å²) >= 11 is 0. The maximum Gasteiger partial charge on any atom is 0.256 e. The fourth-order valence-electron chi connectivity index (χ4n) is 2.79. The van der Waals surface area contributed by atoms with Gasteiger partial charge in [0, 0.05) is 19.1 Å². The van der Waals surface area contributed by atoms with Crippen molar-refractivity contribution in [3.8, 4) is 0 Å². The molecule has 1 aliphatic heterocycles. The van der Waals surface area contributed by atoms with E-state index < -0.39 is 0 Å². The van der Waals surface area contributed by atoms with Crippen LogP contribution in [0.2, 0.25) is 0 Å². The Labute approximate surface area is 120 Å². The monoisotopic (exact) mass is 276 g/mol. The Morgan fingerprint density at radius 3 is 2.85 bits per heavy atom. The molecule has 110 valence electrons. The average molecular weight is 276 g/mol. The van der Waals surface area contributed by atoms with Gasteiger partial charge in [0.05, 0.1) is 11.3 Å². The molecule has 0 saturated carbocycles. The molecule has 3 N–H and O–H groups in total. The Bertz CT molecular complexity index is 489. The number of nitrogen functional groups attached to an aromatic ring is 1. The van der Waals surface area contributed by atoms with E-state index >= 15 is 0 Å². The van der Waals surface area contributed by atoms with Gasteiger partial charge >= 0.3 is 0 Å². The van der Waals surface area contributed by atoms with Gasteiger partial charge in [0.25, 0.3) is 5.91 Å². The van der Waals surface area contributed by atoms with Crippen molar-refractivity contribution in [3.05, 3.63) is 29.3 Å². The predicted molar refractivity (Wildman–Crippen MR) is 81.6 cm³/mol. The number of anilines is 1. The largest absolute Gasteiger partial charge is 0.335 e. The van der Waals surface area contributed by atoms with Gasteiger partial charge in [0.1, 0.15) is 0 Å². The van der Waals surface area contributed by atoms with Crippen molar-refractivity contribution in [3.63, 3.8) is 0 Å². The third kappa shape index (κ3) is 3.11. The standard InChI is InChI=1S/C15H24N4O/c1-11-5-6-13(14(9-11)17-16)15(20)19-8-4-7-18(3)10-12(19)2/h5-6,9,12,17H,4,7-8,10,16H2,1-3H3. The van der Waals surface area contributed by atoms with E-state index in [0.29, 0.717) is 11.3 Å². The first-order valence-corrected chi connectivity index (χ1v) is 7.09. The number of aryl methyl sites for hydroxylation is 1. The Balaban J connectivity index is 2.26. The SMILES string of the molecule is Cc1ccc(C(=O)N2CCCN(C)CC2C)c(NN)c1. The molecule has 1 atom stereocenters. The molecule has 1 amide bonds. The van der Waals surface area contributed by atoms with Crippen LogP contribution in [0.4, 0.5) is 5.69 Å². The minimum atomic E-state index is 0.0563. The Hall–Kier alpha value is -1.59. The second kappa shape index (κ2) is 6.24. The Morgan fingerprint density at radius 1 is 1.40 bits per heavy atom. The summed E-state index contributed by atoms with van der Waals surface area (Å²) in [4.78, 5) is 17.0. The second-order valence-corrected chi connectivity index (χ2v) is 5.66. The number of carbonyl (C=O) groups is 1. The molecule has 2 rings (SSSR count). The number of benzene rings is 1. The molecule has 0 aliphatic carbocycles. The van der Waals surface area contributed by atoms with Gasteiger partial charge in [-0.3, -0.25) is 10.6 Å². The summed E-state index contributed by atoms with van der Waals surface area (Å²) in [7, 11) is 2.10.